The molecule has 0 aliphatic rings. The molecule has 0 fully saturated rings. The van der Waals surface area contributed by atoms with Gasteiger partial charge in [0.15, 0.2) is 0 Å². The Morgan fingerprint density at radius 2 is 2.05 bits per heavy atom. The van der Waals surface area contributed by atoms with Crippen molar-refractivity contribution < 1.29 is 0 Å². The molecule has 0 bridgehead atoms. The van der Waals surface area contributed by atoms with Crippen molar-refractivity contribution in [1.29, 1.82) is 0 Å². The monoisotopic (exact) mass is 288 g/mol. The third-order valence-electron chi connectivity index (χ3n) is 3.15. The molecule has 0 aliphatic heterocycles. The predicted octanol–water partition coefficient (Wildman–Crippen LogP) is 0.605. The van der Waals surface area contributed by atoms with E-state index in [9.17, 15) is 9.59 Å². The van der Waals surface area contributed by atoms with E-state index in [0.717, 1.165) is 12.1 Å². The average Bonchev–Trinajstić information content (AvgIpc) is 2.50. The van der Waals surface area contributed by atoms with Crippen LogP contribution in [0.4, 0.5) is 0 Å². The van der Waals surface area contributed by atoms with E-state index in [1.807, 2.05) is 25.1 Å². The first-order valence-corrected chi connectivity index (χ1v) is 7.13. The molecule has 2 rings (SSSR count). The van der Waals surface area contributed by atoms with Crippen molar-refractivity contribution in [2.75, 3.05) is 6.54 Å². The Balaban J connectivity index is 1.95. The smallest absolute Gasteiger partial charge is 0.309 e. The third kappa shape index (κ3) is 4.13. The van der Waals surface area contributed by atoms with E-state index < -0.39 is 0 Å². The molecular formula is C15H20N4O2. The van der Waals surface area contributed by atoms with Gasteiger partial charge >= 0.3 is 5.69 Å². The fraction of sp³-hybridized carbons (Fsp3) is 0.400. The summed E-state index contributed by atoms with van der Waals surface area (Å²) in [5.41, 5.74) is 0.428. The number of hydrogen-bond donors (Lipinski definition) is 1. The summed E-state index contributed by atoms with van der Waals surface area (Å²) in [5.74, 6) is 0. The number of nitrogens with one attached hydrogen (secondary N) is 1. The molecule has 21 heavy (non-hydrogen) atoms. The minimum atomic E-state index is -0.257. The van der Waals surface area contributed by atoms with Crippen molar-refractivity contribution in [2.24, 2.45) is 0 Å². The van der Waals surface area contributed by atoms with Gasteiger partial charge in [-0.3, -0.25) is 14.3 Å². The topological polar surface area (TPSA) is 68.9 Å². The lowest BCUT2D eigenvalue weighted by Crippen LogP contribution is -2.41. The Kier molecular flexibility index (Phi) is 5.45. The number of hydrogen-bond acceptors (Lipinski definition) is 4. The number of rotatable bonds is 7. The summed E-state index contributed by atoms with van der Waals surface area (Å²) in [6.45, 7) is 4.14. The van der Waals surface area contributed by atoms with Gasteiger partial charge in [0.2, 0.25) is 0 Å². The molecule has 0 saturated heterocycles. The van der Waals surface area contributed by atoms with Crippen LogP contribution in [0.5, 0.6) is 0 Å². The highest BCUT2D eigenvalue weighted by Gasteiger charge is 2.04. The zero-order valence-corrected chi connectivity index (χ0v) is 12.2. The Hall–Kier alpha value is -2.21. The van der Waals surface area contributed by atoms with E-state index in [0.29, 0.717) is 26.2 Å². The zero-order valence-electron chi connectivity index (χ0n) is 12.2. The van der Waals surface area contributed by atoms with Gasteiger partial charge in [0, 0.05) is 44.6 Å². The first-order valence-electron chi connectivity index (χ1n) is 7.13. The van der Waals surface area contributed by atoms with Crippen molar-refractivity contribution in [3.8, 4) is 0 Å². The Bertz CT molecular complexity index is 676. The van der Waals surface area contributed by atoms with Crippen molar-refractivity contribution in [3.05, 3.63) is 63.2 Å². The predicted molar refractivity (Wildman–Crippen MR) is 81.2 cm³/mol. The van der Waals surface area contributed by atoms with E-state index >= 15 is 0 Å². The van der Waals surface area contributed by atoms with Crippen LogP contribution in [-0.2, 0) is 19.6 Å². The first-order chi connectivity index (χ1) is 10.2. The summed E-state index contributed by atoms with van der Waals surface area (Å²) in [6, 6.07) is 7.16. The van der Waals surface area contributed by atoms with E-state index in [4.69, 9.17) is 0 Å². The second-order valence-electron chi connectivity index (χ2n) is 4.78. The van der Waals surface area contributed by atoms with E-state index in [2.05, 4.69) is 10.3 Å². The second-order valence-corrected chi connectivity index (χ2v) is 4.78. The number of nitrogens with zero attached hydrogens (tertiary/aromatic N) is 3. The molecule has 0 aromatic carbocycles. The van der Waals surface area contributed by atoms with Crippen molar-refractivity contribution in [1.82, 2.24) is 19.4 Å². The van der Waals surface area contributed by atoms with Crippen molar-refractivity contribution in [3.63, 3.8) is 0 Å². The standard InChI is InChI=1S/C15H20N4O2/c1-2-9-18-10-6-14(20)19(15(18)21)11-8-16-12-13-5-3-4-7-17-13/h3-7,10,16H,2,8-9,11-12H2,1H3. The molecule has 0 unspecified atom stereocenters. The summed E-state index contributed by atoms with van der Waals surface area (Å²) < 4.78 is 2.83. The maximum Gasteiger partial charge on any atom is 0.331 e. The summed E-state index contributed by atoms with van der Waals surface area (Å²) in [6.07, 6.45) is 4.16. The van der Waals surface area contributed by atoms with Crippen LogP contribution >= 0.6 is 0 Å². The van der Waals surface area contributed by atoms with Gasteiger partial charge in [0.25, 0.3) is 5.56 Å². The number of aryl methyl sites for hydroxylation is 1. The lowest BCUT2D eigenvalue weighted by Gasteiger charge is -2.09. The molecule has 0 atom stereocenters. The second kappa shape index (κ2) is 7.54. The van der Waals surface area contributed by atoms with Crippen LogP contribution in [0.1, 0.15) is 19.0 Å². The lowest BCUT2D eigenvalue weighted by atomic mass is 10.3. The normalized spacial score (nSPS) is 10.7. The molecule has 2 heterocycles. The lowest BCUT2D eigenvalue weighted by molar-refractivity contribution is 0.519. The molecule has 1 N–H and O–H groups in total. The van der Waals surface area contributed by atoms with Gasteiger partial charge in [-0.05, 0) is 18.6 Å². The Labute approximate surface area is 123 Å². The maximum atomic E-state index is 12.1. The van der Waals surface area contributed by atoms with Crippen LogP contribution in [0, 0.1) is 0 Å². The highest BCUT2D eigenvalue weighted by Crippen LogP contribution is 1.91. The summed E-state index contributed by atoms with van der Waals surface area (Å²) in [7, 11) is 0. The largest absolute Gasteiger partial charge is 0.331 e. The molecule has 6 nitrogen and oxygen atoms in total. The van der Waals surface area contributed by atoms with Gasteiger partial charge < -0.3 is 9.88 Å². The third-order valence-corrected chi connectivity index (χ3v) is 3.15. The van der Waals surface area contributed by atoms with Gasteiger partial charge in [-0.2, -0.15) is 0 Å². The van der Waals surface area contributed by atoms with E-state index in [1.165, 1.54) is 10.6 Å². The van der Waals surface area contributed by atoms with E-state index in [-0.39, 0.29) is 11.2 Å². The molecular weight excluding hydrogens is 268 g/mol. The van der Waals surface area contributed by atoms with E-state index in [1.54, 1.807) is 17.0 Å². The number of pyridine rings is 1. The minimum Gasteiger partial charge on any atom is -0.309 e. The van der Waals surface area contributed by atoms with Crippen molar-refractivity contribution >= 4 is 0 Å². The van der Waals surface area contributed by atoms with Crippen LogP contribution in [0.25, 0.3) is 0 Å². The first kappa shape index (κ1) is 15.2. The van der Waals surface area contributed by atoms with Crippen LogP contribution in [0.15, 0.2) is 46.2 Å². The molecule has 112 valence electrons. The van der Waals surface area contributed by atoms with Crippen LogP contribution in [0.3, 0.4) is 0 Å². The average molecular weight is 288 g/mol. The van der Waals surface area contributed by atoms with Gasteiger partial charge in [0.1, 0.15) is 0 Å². The van der Waals surface area contributed by atoms with Crippen LogP contribution < -0.4 is 16.6 Å². The van der Waals surface area contributed by atoms with Gasteiger partial charge in [-0.25, -0.2) is 4.79 Å². The maximum absolute atomic E-state index is 12.1. The van der Waals surface area contributed by atoms with Crippen molar-refractivity contribution in [2.45, 2.75) is 33.0 Å². The Morgan fingerprint density at radius 1 is 1.19 bits per heavy atom. The Morgan fingerprint density at radius 3 is 2.76 bits per heavy atom. The van der Waals surface area contributed by atoms with Gasteiger partial charge in [0.05, 0.1) is 5.69 Å². The van der Waals surface area contributed by atoms with Crippen LogP contribution in [-0.4, -0.2) is 20.7 Å². The molecule has 0 saturated carbocycles. The highest BCUT2D eigenvalue weighted by molar-refractivity contribution is 5.02. The minimum absolute atomic E-state index is 0.246. The van der Waals surface area contributed by atoms with Gasteiger partial charge in [-0.15, -0.1) is 0 Å². The molecule has 2 aromatic heterocycles. The molecule has 6 heteroatoms. The van der Waals surface area contributed by atoms with Gasteiger partial charge in [-0.1, -0.05) is 13.0 Å². The SMILES string of the molecule is CCCn1ccc(=O)n(CCNCc2ccccn2)c1=O. The fourth-order valence-corrected chi connectivity index (χ4v) is 2.08. The fourth-order valence-electron chi connectivity index (χ4n) is 2.08. The highest BCUT2D eigenvalue weighted by atomic mass is 16.2. The summed E-state index contributed by atoms with van der Waals surface area (Å²) in [5, 5.41) is 3.19. The molecule has 0 aliphatic carbocycles. The number of aromatic nitrogens is 3. The molecule has 0 radical (unpaired) electrons. The van der Waals surface area contributed by atoms with Crippen LogP contribution in [0.2, 0.25) is 0 Å². The molecule has 2 aromatic rings. The molecule has 0 amide bonds. The summed E-state index contributed by atoms with van der Waals surface area (Å²) in [4.78, 5) is 28.1. The zero-order chi connectivity index (χ0) is 15.1. The quantitative estimate of drug-likeness (QED) is 0.758. The molecule has 0 spiro atoms. The summed E-state index contributed by atoms with van der Waals surface area (Å²) >= 11 is 0.